The van der Waals surface area contributed by atoms with Crippen molar-refractivity contribution < 1.29 is 14.6 Å². The van der Waals surface area contributed by atoms with E-state index in [0.717, 1.165) is 40.2 Å². The highest BCUT2D eigenvalue weighted by atomic mass is 16.5. The minimum atomic E-state index is -0.910. The highest BCUT2D eigenvalue weighted by Crippen LogP contribution is 2.38. The van der Waals surface area contributed by atoms with Gasteiger partial charge in [0, 0.05) is 41.8 Å². The van der Waals surface area contributed by atoms with Gasteiger partial charge in [-0.05, 0) is 50.3 Å². The molecule has 0 aliphatic carbocycles. The Morgan fingerprint density at radius 3 is 2.52 bits per heavy atom. The number of likely N-dealkylation sites (N-methyl/N-ethyl adjacent to an activating group) is 1. The van der Waals surface area contributed by atoms with Gasteiger partial charge in [0.2, 0.25) is 0 Å². The molecule has 2 aliphatic rings. The van der Waals surface area contributed by atoms with Gasteiger partial charge >= 0.3 is 0 Å². The van der Waals surface area contributed by atoms with Crippen molar-refractivity contribution in [2.45, 2.75) is 52.7 Å². The van der Waals surface area contributed by atoms with Crippen LogP contribution in [0.2, 0.25) is 0 Å². The van der Waals surface area contributed by atoms with Crippen LogP contribution in [0.1, 0.15) is 57.0 Å². The van der Waals surface area contributed by atoms with Gasteiger partial charge in [-0.25, -0.2) is 0 Å². The van der Waals surface area contributed by atoms with Crippen molar-refractivity contribution in [3.05, 3.63) is 89.0 Å². The summed E-state index contributed by atoms with van der Waals surface area (Å²) in [7, 11) is 1.95. The first kappa shape index (κ1) is 24.6. The molecule has 1 aromatic carbocycles. The number of rotatable bonds is 7. The number of hydrogen-bond acceptors (Lipinski definition) is 5. The minimum Gasteiger partial charge on any atom is -0.460 e. The Labute approximate surface area is 197 Å². The normalized spacial score (nSPS) is 23.3. The molecule has 5 heteroatoms. The van der Waals surface area contributed by atoms with Crippen LogP contribution in [-0.2, 0) is 4.74 Å². The summed E-state index contributed by atoms with van der Waals surface area (Å²) in [6.45, 7) is 9.67. The fourth-order valence-corrected chi connectivity index (χ4v) is 4.20. The number of aliphatic hydroxyl groups is 1. The lowest BCUT2D eigenvalue weighted by Gasteiger charge is -2.37. The Morgan fingerprint density at radius 1 is 1.27 bits per heavy atom. The fraction of sp³-hybridized carbons (Fsp3) is 0.393. The average molecular weight is 449 g/mol. The summed E-state index contributed by atoms with van der Waals surface area (Å²) in [5.41, 5.74) is 8.37. The molecule has 0 aromatic heterocycles. The lowest BCUT2D eigenvalue weighted by molar-refractivity contribution is 0.0239. The van der Waals surface area contributed by atoms with Crippen LogP contribution in [0.25, 0.3) is 5.76 Å². The molecule has 3 atom stereocenters. The summed E-state index contributed by atoms with van der Waals surface area (Å²) in [5, 5.41) is 10.6. The Morgan fingerprint density at radius 2 is 1.94 bits per heavy atom. The van der Waals surface area contributed by atoms with Gasteiger partial charge in [0.05, 0.1) is 11.6 Å². The molecular formula is C28H36N2O3. The number of ketones is 1. The van der Waals surface area contributed by atoms with E-state index < -0.39 is 5.60 Å². The topological polar surface area (TPSA) is 75.8 Å². The number of allylic oxidation sites excluding steroid dienone is 5. The number of nitrogens with two attached hydrogens (primary N) is 1. The monoisotopic (exact) mass is 448 g/mol. The van der Waals surface area contributed by atoms with E-state index >= 15 is 0 Å². The number of carbonyl (C=O) groups is 1. The van der Waals surface area contributed by atoms with E-state index in [1.807, 2.05) is 74.5 Å². The number of Topliss-reactive ketones (excluding diaryl/α,β-unsaturated/α-hetero) is 1. The van der Waals surface area contributed by atoms with Crippen LogP contribution in [0.3, 0.4) is 0 Å². The summed E-state index contributed by atoms with van der Waals surface area (Å²) in [4.78, 5) is 14.5. The highest BCUT2D eigenvalue weighted by Gasteiger charge is 2.31. The van der Waals surface area contributed by atoms with E-state index in [9.17, 15) is 9.90 Å². The largest absolute Gasteiger partial charge is 0.460 e. The molecule has 0 amide bonds. The molecule has 2 unspecified atom stereocenters. The van der Waals surface area contributed by atoms with E-state index in [4.69, 9.17) is 10.5 Å². The molecule has 0 radical (unpaired) electrons. The second-order valence-electron chi connectivity index (χ2n) is 9.51. The molecule has 0 fully saturated rings. The maximum Gasteiger partial charge on any atom is 0.165 e. The van der Waals surface area contributed by atoms with Crippen molar-refractivity contribution in [1.29, 1.82) is 0 Å². The second kappa shape index (κ2) is 9.84. The molecule has 3 rings (SSSR count). The molecule has 0 saturated heterocycles. The number of hydrogen-bond donors (Lipinski definition) is 2. The Bertz CT molecular complexity index is 1040. The first-order chi connectivity index (χ1) is 15.6. The molecular weight excluding hydrogens is 412 g/mol. The smallest absolute Gasteiger partial charge is 0.165 e. The Hall–Kier alpha value is -3.05. The Balaban J connectivity index is 1.92. The molecule has 2 aliphatic heterocycles. The van der Waals surface area contributed by atoms with E-state index in [1.54, 1.807) is 13.8 Å². The van der Waals surface area contributed by atoms with E-state index in [2.05, 4.69) is 13.0 Å². The Kier molecular flexibility index (Phi) is 7.33. The van der Waals surface area contributed by atoms with Crippen molar-refractivity contribution in [1.82, 2.24) is 4.90 Å². The number of carbonyl (C=O) groups excluding carboxylic acids is 1. The molecule has 0 spiro atoms. The molecule has 2 heterocycles. The van der Waals surface area contributed by atoms with Crippen LogP contribution >= 0.6 is 0 Å². The van der Waals surface area contributed by atoms with Gasteiger partial charge in [-0.15, -0.1) is 0 Å². The highest BCUT2D eigenvalue weighted by molar-refractivity contribution is 5.97. The molecule has 0 saturated carbocycles. The third-order valence-electron chi connectivity index (χ3n) is 6.38. The van der Waals surface area contributed by atoms with Crippen LogP contribution in [-0.4, -0.2) is 34.5 Å². The van der Waals surface area contributed by atoms with Gasteiger partial charge in [-0.2, -0.15) is 0 Å². The maximum atomic E-state index is 12.5. The molecule has 1 aromatic rings. The molecule has 176 valence electrons. The van der Waals surface area contributed by atoms with Crippen LogP contribution in [0, 0.1) is 11.8 Å². The number of ether oxygens (including phenoxy) is 1. The first-order valence-electron chi connectivity index (χ1n) is 11.6. The van der Waals surface area contributed by atoms with Gasteiger partial charge in [-0.3, -0.25) is 4.79 Å². The second-order valence-corrected chi connectivity index (χ2v) is 9.51. The van der Waals surface area contributed by atoms with Crippen LogP contribution in [0.5, 0.6) is 0 Å². The van der Waals surface area contributed by atoms with Gasteiger partial charge in [0.1, 0.15) is 11.5 Å². The standard InChI is InChI=1S/C28H36N2O3/c1-7-18(2)26(31)21-10-8-20(9-11-21)24-16-19(3)27(33-24)23(12-14-29)22-13-15-30(6)25(17-22)28(4,5)32/h8-19,25,32H,7,29H2,1-6H3/b14-12-,27-23-/t18-,19?,25?/m1/s1. The third kappa shape index (κ3) is 5.31. The van der Waals surface area contributed by atoms with E-state index in [1.165, 1.54) is 6.20 Å². The first-order valence-corrected chi connectivity index (χ1v) is 11.6. The quantitative estimate of drug-likeness (QED) is 0.563. The minimum absolute atomic E-state index is 0.0153. The molecule has 5 nitrogen and oxygen atoms in total. The van der Waals surface area contributed by atoms with E-state index in [-0.39, 0.29) is 23.7 Å². The molecule has 33 heavy (non-hydrogen) atoms. The maximum absolute atomic E-state index is 12.5. The summed E-state index contributed by atoms with van der Waals surface area (Å²) >= 11 is 0. The van der Waals surface area contributed by atoms with Gasteiger partial charge in [0.15, 0.2) is 5.78 Å². The van der Waals surface area contributed by atoms with Crippen molar-refractivity contribution in [2.24, 2.45) is 17.6 Å². The van der Waals surface area contributed by atoms with Gasteiger partial charge in [-0.1, -0.05) is 51.1 Å². The zero-order valence-electron chi connectivity index (χ0n) is 20.5. The van der Waals surface area contributed by atoms with Crippen LogP contribution < -0.4 is 5.73 Å². The third-order valence-corrected chi connectivity index (χ3v) is 6.38. The zero-order valence-corrected chi connectivity index (χ0v) is 20.5. The number of benzene rings is 1. The van der Waals surface area contributed by atoms with Crippen molar-refractivity contribution in [3.63, 3.8) is 0 Å². The van der Waals surface area contributed by atoms with Crippen LogP contribution in [0.15, 0.2) is 77.9 Å². The predicted molar refractivity (Wildman–Crippen MR) is 134 cm³/mol. The van der Waals surface area contributed by atoms with Gasteiger partial charge in [0.25, 0.3) is 0 Å². The predicted octanol–water partition coefficient (Wildman–Crippen LogP) is 5.17. The summed E-state index contributed by atoms with van der Waals surface area (Å²) in [5.74, 6) is 1.79. The van der Waals surface area contributed by atoms with Crippen molar-refractivity contribution >= 4 is 11.5 Å². The zero-order chi connectivity index (χ0) is 24.3. The van der Waals surface area contributed by atoms with E-state index in [0.29, 0.717) is 0 Å². The van der Waals surface area contributed by atoms with Crippen molar-refractivity contribution in [2.75, 3.05) is 7.05 Å². The van der Waals surface area contributed by atoms with Crippen molar-refractivity contribution in [3.8, 4) is 0 Å². The van der Waals surface area contributed by atoms with Gasteiger partial charge < -0.3 is 20.5 Å². The summed E-state index contributed by atoms with van der Waals surface area (Å²) in [6, 6.07) is 7.44. The summed E-state index contributed by atoms with van der Waals surface area (Å²) < 4.78 is 6.34. The number of nitrogens with zero attached hydrogens (tertiary/aromatic N) is 1. The lowest BCUT2D eigenvalue weighted by atomic mass is 9.89. The average Bonchev–Trinajstić information content (AvgIpc) is 3.17. The molecule has 0 bridgehead atoms. The molecule has 3 N–H and O–H groups in total. The fourth-order valence-electron chi connectivity index (χ4n) is 4.20. The lowest BCUT2D eigenvalue weighted by Crippen LogP contribution is -2.45. The SMILES string of the molecule is CC[C@@H](C)C(=O)c1ccc(C2=CC(C)/C(=C(\C=C/N)C3=CC(C(C)(C)O)N(C)C=C3)O2)cc1. The summed E-state index contributed by atoms with van der Waals surface area (Å²) in [6.07, 6.45) is 12.3. The van der Waals surface area contributed by atoms with Crippen LogP contribution in [0.4, 0.5) is 0 Å².